The number of methoxy groups -OCH3 is 1. The number of nitrogens with one attached hydrogen (secondary N) is 1. The van der Waals surface area contributed by atoms with Gasteiger partial charge in [0.25, 0.3) is 5.91 Å². The van der Waals surface area contributed by atoms with Crippen LogP contribution in [0.3, 0.4) is 0 Å². The van der Waals surface area contributed by atoms with Crippen molar-refractivity contribution in [2.75, 3.05) is 13.7 Å². The molecule has 2 aromatic carbocycles. The van der Waals surface area contributed by atoms with Gasteiger partial charge in [0.15, 0.2) is 11.5 Å². The largest absolute Gasteiger partial charge is 0.497 e. The van der Waals surface area contributed by atoms with Crippen LogP contribution in [0.1, 0.15) is 18.5 Å². The Labute approximate surface area is 135 Å². The molecule has 1 aliphatic rings. The van der Waals surface area contributed by atoms with Gasteiger partial charge in [-0.1, -0.05) is 24.3 Å². The molecule has 0 unspecified atom stereocenters. The van der Waals surface area contributed by atoms with E-state index >= 15 is 0 Å². The van der Waals surface area contributed by atoms with Gasteiger partial charge < -0.3 is 19.5 Å². The van der Waals surface area contributed by atoms with E-state index in [2.05, 4.69) is 5.32 Å². The summed E-state index contributed by atoms with van der Waals surface area (Å²) in [4.78, 5) is 12.4. The Bertz CT molecular complexity index is 684. The highest BCUT2D eigenvalue weighted by Crippen LogP contribution is 2.31. The molecule has 0 saturated carbocycles. The third-order valence-corrected chi connectivity index (χ3v) is 3.78. The van der Waals surface area contributed by atoms with Crippen LogP contribution in [-0.4, -0.2) is 25.7 Å². The maximum absolute atomic E-state index is 12.4. The van der Waals surface area contributed by atoms with Gasteiger partial charge in [0.1, 0.15) is 12.4 Å². The molecule has 120 valence electrons. The number of rotatable bonds is 4. The van der Waals surface area contributed by atoms with Crippen LogP contribution in [-0.2, 0) is 4.79 Å². The summed E-state index contributed by atoms with van der Waals surface area (Å²) in [7, 11) is 1.62. The van der Waals surface area contributed by atoms with Crippen molar-refractivity contribution in [1.82, 2.24) is 5.32 Å². The van der Waals surface area contributed by atoms with Crippen molar-refractivity contribution in [2.24, 2.45) is 0 Å². The van der Waals surface area contributed by atoms with Gasteiger partial charge in [-0.05, 0) is 36.8 Å². The smallest absolute Gasteiger partial charge is 0.265 e. The molecule has 0 spiro atoms. The maximum Gasteiger partial charge on any atom is 0.265 e. The lowest BCUT2D eigenvalue weighted by Crippen LogP contribution is -2.44. The predicted molar refractivity (Wildman–Crippen MR) is 85.9 cm³/mol. The number of amides is 1. The van der Waals surface area contributed by atoms with E-state index in [9.17, 15) is 4.79 Å². The van der Waals surface area contributed by atoms with Gasteiger partial charge in [-0.25, -0.2) is 0 Å². The number of benzene rings is 2. The highest BCUT2D eigenvalue weighted by molar-refractivity contribution is 5.82. The minimum Gasteiger partial charge on any atom is -0.497 e. The molecule has 1 heterocycles. The molecule has 1 amide bonds. The van der Waals surface area contributed by atoms with E-state index in [4.69, 9.17) is 14.2 Å². The van der Waals surface area contributed by atoms with Crippen LogP contribution < -0.4 is 19.5 Å². The van der Waals surface area contributed by atoms with Gasteiger partial charge in [0.2, 0.25) is 6.10 Å². The first-order valence-corrected chi connectivity index (χ1v) is 7.50. The molecule has 3 rings (SSSR count). The number of ether oxygens (including phenoxy) is 3. The lowest BCUT2D eigenvalue weighted by atomic mass is 10.1. The highest BCUT2D eigenvalue weighted by atomic mass is 16.6. The van der Waals surface area contributed by atoms with Crippen molar-refractivity contribution in [3.05, 3.63) is 54.1 Å². The molecular weight excluding hydrogens is 294 g/mol. The summed E-state index contributed by atoms with van der Waals surface area (Å²) in [5.74, 6) is 1.85. The summed E-state index contributed by atoms with van der Waals surface area (Å²) in [6.45, 7) is 2.13. The van der Waals surface area contributed by atoms with Crippen molar-refractivity contribution in [1.29, 1.82) is 0 Å². The molecule has 1 aliphatic heterocycles. The van der Waals surface area contributed by atoms with E-state index in [0.717, 1.165) is 11.3 Å². The average Bonchev–Trinajstić information content (AvgIpc) is 2.61. The van der Waals surface area contributed by atoms with Gasteiger partial charge in [0.05, 0.1) is 13.2 Å². The van der Waals surface area contributed by atoms with E-state index in [1.54, 1.807) is 13.2 Å². The number of hydrogen-bond acceptors (Lipinski definition) is 4. The fourth-order valence-electron chi connectivity index (χ4n) is 2.43. The summed E-state index contributed by atoms with van der Waals surface area (Å²) in [5.41, 5.74) is 0.997. The fourth-order valence-corrected chi connectivity index (χ4v) is 2.43. The Kier molecular flexibility index (Phi) is 4.37. The van der Waals surface area contributed by atoms with E-state index in [1.165, 1.54) is 0 Å². The third kappa shape index (κ3) is 3.39. The second kappa shape index (κ2) is 6.60. The number of hydrogen-bond donors (Lipinski definition) is 1. The molecule has 23 heavy (non-hydrogen) atoms. The minimum absolute atomic E-state index is 0.130. The fraction of sp³-hybridized carbons (Fsp3) is 0.278. The Morgan fingerprint density at radius 2 is 1.87 bits per heavy atom. The van der Waals surface area contributed by atoms with Crippen LogP contribution in [0.15, 0.2) is 48.5 Å². The normalized spacial score (nSPS) is 17.2. The summed E-state index contributed by atoms with van der Waals surface area (Å²) in [6.07, 6.45) is -0.648. The zero-order valence-corrected chi connectivity index (χ0v) is 13.1. The van der Waals surface area contributed by atoms with Gasteiger partial charge in [-0.3, -0.25) is 4.79 Å². The average molecular weight is 313 g/mol. The van der Waals surface area contributed by atoms with E-state index in [1.807, 2.05) is 49.4 Å². The molecule has 1 N–H and O–H groups in total. The lowest BCUT2D eigenvalue weighted by molar-refractivity contribution is -0.131. The number of fused-ring (bicyclic) bond motifs is 1. The number of para-hydroxylation sites is 2. The van der Waals surface area contributed by atoms with Crippen molar-refractivity contribution in [3.63, 3.8) is 0 Å². The SMILES string of the molecule is COc1ccc([C@@H](C)NC(=O)[C@@H]2COc3ccccc3O2)cc1. The monoisotopic (exact) mass is 313 g/mol. The van der Waals surface area contributed by atoms with Crippen LogP contribution in [0, 0.1) is 0 Å². The van der Waals surface area contributed by atoms with E-state index < -0.39 is 6.10 Å². The molecule has 5 heteroatoms. The minimum atomic E-state index is -0.648. The van der Waals surface area contributed by atoms with Crippen LogP contribution in [0.2, 0.25) is 0 Å². The lowest BCUT2D eigenvalue weighted by Gasteiger charge is -2.26. The summed E-state index contributed by atoms with van der Waals surface area (Å²) in [5, 5.41) is 2.95. The van der Waals surface area contributed by atoms with Gasteiger partial charge in [0, 0.05) is 0 Å². The number of carbonyl (C=O) groups is 1. The molecule has 5 nitrogen and oxygen atoms in total. The van der Waals surface area contributed by atoms with Crippen LogP contribution in [0.25, 0.3) is 0 Å². The second-order valence-corrected chi connectivity index (χ2v) is 5.37. The van der Waals surface area contributed by atoms with Crippen molar-refractivity contribution in [2.45, 2.75) is 19.1 Å². The highest BCUT2D eigenvalue weighted by Gasteiger charge is 2.28. The Morgan fingerprint density at radius 3 is 2.57 bits per heavy atom. The summed E-state index contributed by atoms with van der Waals surface area (Å²) >= 11 is 0. The summed E-state index contributed by atoms with van der Waals surface area (Å²) < 4.78 is 16.4. The maximum atomic E-state index is 12.4. The van der Waals surface area contributed by atoms with Gasteiger partial charge in [-0.2, -0.15) is 0 Å². The molecule has 0 fully saturated rings. The Hall–Kier alpha value is -2.69. The zero-order valence-electron chi connectivity index (χ0n) is 13.1. The first-order valence-electron chi connectivity index (χ1n) is 7.50. The van der Waals surface area contributed by atoms with Gasteiger partial charge >= 0.3 is 0 Å². The summed E-state index contributed by atoms with van der Waals surface area (Å²) in [6, 6.07) is 14.8. The van der Waals surface area contributed by atoms with Crippen LogP contribution >= 0.6 is 0 Å². The Balaban J connectivity index is 1.62. The standard InChI is InChI=1S/C18H19NO4/c1-12(13-7-9-14(21-2)10-8-13)19-18(20)17-11-22-15-5-3-4-6-16(15)23-17/h3-10,12,17H,11H2,1-2H3,(H,19,20)/t12-,17+/m1/s1. The van der Waals surface area contributed by atoms with Crippen LogP contribution in [0.4, 0.5) is 0 Å². The first-order chi connectivity index (χ1) is 11.2. The molecule has 0 saturated heterocycles. The van der Waals surface area contributed by atoms with Crippen molar-refractivity contribution in [3.8, 4) is 17.2 Å². The molecule has 2 aromatic rings. The molecule has 2 atom stereocenters. The zero-order chi connectivity index (χ0) is 16.2. The van der Waals surface area contributed by atoms with Crippen LogP contribution in [0.5, 0.6) is 17.2 Å². The molecule has 0 aromatic heterocycles. The quantitative estimate of drug-likeness (QED) is 0.943. The third-order valence-electron chi connectivity index (χ3n) is 3.78. The van der Waals surface area contributed by atoms with E-state index in [-0.39, 0.29) is 18.6 Å². The second-order valence-electron chi connectivity index (χ2n) is 5.37. The molecule has 0 radical (unpaired) electrons. The molecular formula is C18H19NO4. The molecule has 0 bridgehead atoms. The van der Waals surface area contributed by atoms with Gasteiger partial charge in [-0.15, -0.1) is 0 Å². The predicted octanol–water partition coefficient (Wildman–Crippen LogP) is 2.71. The molecule has 0 aliphatic carbocycles. The van der Waals surface area contributed by atoms with E-state index in [0.29, 0.717) is 11.5 Å². The number of carbonyl (C=O) groups excluding carboxylic acids is 1. The first kappa shape index (κ1) is 15.2. The van der Waals surface area contributed by atoms with Crippen molar-refractivity contribution < 1.29 is 19.0 Å². The van der Waals surface area contributed by atoms with Crippen molar-refractivity contribution >= 4 is 5.91 Å². The Morgan fingerprint density at radius 1 is 1.17 bits per heavy atom. The topological polar surface area (TPSA) is 56.8 Å².